The normalized spacial score (nSPS) is 33.3. The second kappa shape index (κ2) is 8.68. The minimum absolute atomic E-state index is 0.00408. The van der Waals surface area contributed by atoms with Gasteiger partial charge >= 0.3 is 5.97 Å². The van der Waals surface area contributed by atoms with Gasteiger partial charge in [0.1, 0.15) is 11.7 Å². The van der Waals surface area contributed by atoms with Crippen molar-refractivity contribution in [1.29, 1.82) is 5.41 Å². The van der Waals surface area contributed by atoms with E-state index in [2.05, 4.69) is 5.32 Å². The highest BCUT2D eigenvalue weighted by Crippen LogP contribution is 2.52. The van der Waals surface area contributed by atoms with E-state index in [-0.39, 0.29) is 34.7 Å². The molecular weight excluding hydrogens is 434 g/mol. The molecule has 3 saturated heterocycles. The largest absolute Gasteiger partial charge is 0.477 e. The predicted molar refractivity (Wildman–Crippen MR) is 119 cm³/mol. The van der Waals surface area contributed by atoms with E-state index >= 15 is 0 Å². The summed E-state index contributed by atoms with van der Waals surface area (Å²) in [5.74, 6) is -1.96. The monoisotopic (exact) mass is 465 g/mol. The molecule has 0 spiro atoms. The standard InChI is InChI=1S/C21H31N5O5S/c1-10-16-15(11(2)27)20(29)26(16)17(21(30)31)18(10)32-13-8-14(25(9-13)12(3)22)19(28)24-6-4-23-5-7-24/h10-11,13-16,22-23,27H,4-9H2,1-3H3,(H,30,31)/t10-,11-,13+,14+,15-,16-/m1/s1. The number of aliphatic hydroxyl groups is 1. The van der Waals surface area contributed by atoms with Crippen molar-refractivity contribution in [3.63, 3.8) is 0 Å². The van der Waals surface area contributed by atoms with Gasteiger partial charge in [-0.2, -0.15) is 0 Å². The van der Waals surface area contributed by atoms with Gasteiger partial charge in [-0.25, -0.2) is 4.79 Å². The first kappa shape index (κ1) is 23.1. The molecule has 2 amide bonds. The second-order valence-corrected chi connectivity index (χ2v) is 10.4. The van der Waals surface area contributed by atoms with Crippen LogP contribution in [0.5, 0.6) is 0 Å². The van der Waals surface area contributed by atoms with Gasteiger partial charge in [0, 0.05) is 48.8 Å². The van der Waals surface area contributed by atoms with E-state index < -0.39 is 24.0 Å². The Hall–Kier alpha value is -2.11. The summed E-state index contributed by atoms with van der Waals surface area (Å²) in [6, 6.07) is -0.783. The van der Waals surface area contributed by atoms with Crippen LogP contribution < -0.4 is 5.32 Å². The quantitative estimate of drug-likeness (QED) is 0.248. The van der Waals surface area contributed by atoms with Crippen molar-refractivity contribution in [1.82, 2.24) is 20.0 Å². The van der Waals surface area contributed by atoms with Crippen molar-refractivity contribution in [2.24, 2.45) is 11.8 Å². The van der Waals surface area contributed by atoms with Crippen LogP contribution in [0, 0.1) is 17.2 Å². The molecule has 0 bridgehead atoms. The first-order chi connectivity index (χ1) is 15.1. The van der Waals surface area contributed by atoms with Gasteiger partial charge in [0.05, 0.1) is 23.9 Å². The van der Waals surface area contributed by atoms with Gasteiger partial charge in [-0.05, 0) is 20.3 Å². The number of rotatable bonds is 5. The number of carbonyl (C=O) groups excluding carboxylic acids is 2. The van der Waals surface area contributed by atoms with Gasteiger partial charge < -0.3 is 30.2 Å². The summed E-state index contributed by atoms with van der Waals surface area (Å²) in [6.45, 7) is 8.39. The zero-order chi connectivity index (χ0) is 23.3. The summed E-state index contributed by atoms with van der Waals surface area (Å²) in [7, 11) is 0. The van der Waals surface area contributed by atoms with Gasteiger partial charge in [0.25, 0.3) is 0 Å². The third-order valence-electron chi connectivity index (χ3n) is 7.01. The number of carboxylic acids is 1. The molecule has 0 aliphatic carbocycles. The molecule has 32 heavy (non-hydrogen) atoms. The smallest absolute Gasteiger partial charge is 0.353 e. The number of piperazine rings is 1. The number of hydrogen-bond acceptors (Lipinski definition) is 7. The summed E-state index contributed by atoms with van der Waals surface area (Å²) in [4.78, 5) is 43.4. The Morgan fingerprint density at radius 3 is 2.50 bits per heavy atom. The fourth-order valence-electron chi connectivity index (χ4n) is 5.44. The Kier molecular flexibility index (Phi) is 6.25. The number of aliphatic carboxylic acids is 1. The average Bonchev–Trinajstić information content (AvgIpc) is 3.26. The number of nitrogens with one attached hydrogen (secondary N) is 2. The minimum Gasteiger partial charge on any atom is -0.477 e. The molecule has 4 aliphatic rings. The van der Waals surface area contributed by atoms with Crippen molar-refractivity contribution in [3.8, 4) is 0 Å². The van der Waals surface area contributed by atoms with E-state index in [0.717, 1.165) is 13.1 Å². The maximum Gasteiger partial charge on any atom is 0.353 e. The summed E-state index contributed by atoms with van der Waals surface area (Å²) >= 11 is 1.41. The summed E-state index contributed by atoms with van der Waals surface area (Å²) in [5, 5.41) is 31.2. The third-order valence-corrected chi connectivity index (χ3v) is 8.51. The lowest BCUT2D eigenvalue weighted by Gasteiger charge is -2.46. The maximum absolute atomic E-state index is 13.2. The Morgan fingerprint density at radius 1 is 1.28 bits per heavy atom. The van der Waals surface area contributed by atoms with E-state index in [1.807, 2.05) is 11.8 Å². The van der Waals surface area contributed by atoms with Crippen LogP contribution in [-0.4, -0.2) is 105 Å². The molecule has 0 radical (unpaired) electrons. The Labute approximate surface area is 191 Å². The molecule has 4 aliphatic heterocycles. The highest BCUT2D eigenvalue weighted by molar-refractivity contribution is 8.03. The van der Waals surface area contributed by atoms with Gasteiger partial charge in [-0.1, -0.05) is 6.92 Å². The molecule has 4 N–H and O–H groups in total. The molecular formula is C21H31N5O5S. The maximum atomic E-state index is 13.2. The topological polar surface area (TPSA) is 137 Å². The molecule has 6 atom stereocenters. The van der Waals surface area contributed by atoms with Crippen LogP contribution in [0.3, 0.4) is 0 Å². The molecule has 176 valence electrons. The number of hydrogen-bond donors (Lipinski definition) is 4. The van der Waals surface area contributed by atoms with Crippen molar-refractivity contribution in [2.45, 2.75) is 50.6 Å². The van der Waals surface area contributed by atoms with Crippen LogP contribution >= 0.6 is 11.8 Å². The number of amides is 2. The lowest BCUT2D eigenvalue weighted by atomic mass is 9.79. The first-order valence-corrected chi connectivity index (χ1v) is 12.0. The molecule has 0 aromatic carbocycles. The summed E-state index contributed by atoms with van der Waals surface area (Å²) < 4.78 is 0. The zero-order valence-corrected chi connectivity index (χ0v) is 19.4. The number of nitrogens with zero attached hydrogens (tertiary/aromatic N) is 3. The molecule has 0 aromatic heterocycles. The number of fused-ring (bicyclic) bond motifs is 1. The van der Waals surface area contributed by atoms with Crippen molar-refractivity contribution < 1.29 is 24.6 Å². The second-order valence-electron chi connectivity index (χ2n) is 9.08. The number of amidine groups is 1. The molecule has 0 aromatic rings. The lowest BCUT2D eigenvalue weighted by molar-refractivity contribution is -0.163. The van der Waals surface area contributed by atoms with Crippen LogP contribution in [0.15, 0.2) is 10.6 Å². The fraction of sp³-hybridized carbons (Fsp3) is 0.714. The van der Waals surface area contributed by atoms with Gasteiger partial charge in [0.2, 0.25) is 11.8 Å². The Morgan fingerprint density at radius 2 is 1.94 bits per heavy atom. The predicted octanol–water partition coefficient (Wildman–Crippen LogP) is -0.255. The van der Waals surface area contributed by atoms with Gasteiger partial charge in [0.15, 0.2) is 0 Å². The van der Waals surface area contributed by atoms with E-state index in [1.54, 1.807) is 18.7 Å². The zero-order valence-electron chi connectivity index (χ0n) is 18.6. The van der Waals surface area contributed by atoms with E-state index in [1.165, 1.54) is 16.7 Å². The number of carbonyl (C=O) groups is 3. The SMILES string of the molecule is CC(=N)N1C[C@@H](SC2=C(C(=O)O)N3C(=O)[C@H]([C@@H](C)O)[C@H]3[C@H]2C)C[C@H]1C(=O)N1CCNCC1. The molecule has 4 heterocycles. The number of likely N-dealkylation sites (tertiary alicyclic amines) is 1. The number of β-lactam (4-membered cyclic amide) rings is 1. The van der Waals surface area contributed by atoms with E-state index in [9.17, 15) is 24.6 Å². The van der Waals surface area contributed by atoms with Crippen LogP contribution in [0.2, 0.25) is 0 Å². The fourth-order valence-corrected chi connectivity index (χ4v) is 6.97. The third kappa shape index (κ3) is 3.69. The van der Waals surface area contributed by atoms with Gasteiger partial charge in [-0.15, -0.1) is 11.8 Å². The summed E-state index contributed by atoms with van der Waals surface area (Å²) in [6.07, 6.45) is -0.320. The molecule has 0 unspecified atom stereocenters. The average molecular weight is 466 g/mol. The minimum atomic E-state index is -1.15. The van der Waals surface area contributed by atoms with Crippen LogP contribution in [0.1, 0.15) is 27.2 Å². The van der Waals surface area contributed by atoms with E-state index in [4.69, 9.17) is 5.41 Å². The molecule has 11 heteroatoms. The van der Waals surface area contributed by atoms with Gasteiger partial charge in [-0.3, -0.25) is 15.0 Å². The highest BCUT2D eigenvalue weighted by atomic mass is 32.2. The van der Waals surface area contributed by atoms with Crippen LogP contribution in [-0.2, 0) is 14.4 Å². The Bertz CT molecular complexity index is 871. The lowest BCUT2D eigenvalue weighted by Crippen LogP contribution is -2.63. The number of carboxylic acid groups (broad SMARTS) is 1. The van der Waals surface area contributed by atoms with Crippen LogP contribution in [0.25, 0.3) is 0 Å². The molecule has 3 fully saturated rings. The molecule has 10 nitrogen and oxygen atoms in total. The van der Waals surface area contributed by atoms with Crippen molar-refractivity contribution in [3.05, 3.63) is 10.6 Å². The van der Waals surface area contributed by atoms with Crippen LogP contribution in [0.4, 0.5) is 0 Å². The van der Waals surface area contributed by atoms with E-state index in [0.29, 0.717) is 36.8 Å². The summed E-state index contributed by atoms with van der Waals surface area (Å²) in [5.41, 5.74) is 0.00408. The molecule has 4 rings (SSSR count). The van der Waals surface area contributed by atoms with Crippen molar-refractivity contribution >= 4 is 35.4 Å². The number of aliphatic hydroxyl groups excluding tert-OH is 1. The first-order valence-electron chi connectivity index (χ1n) is 11.1. The molecule has 0 saturated carbocycles. The highest BCUT2D eigenvalue weighted by Gasteiger charge is 2.60. The Balaban J connectivity index is 1.54. The van der Waals surface area contributed by atoms with Crippen molar-refractivity contribution in [2.75, 3.05) is 32.7 Å². The number of thioether (sulfide) groups is 1.